The molecule has 0 saturated carbocycles. The quantitative estimate of drug-likeness (QED) is 0.868. The second-order valence-electron chi connectivity index (χ2n) is 6.32. The van der Waals surface area contributed by atoms with Gasteiger partial charge >= 0.3 is 0 Å². The van der Waals surface area contributed by atoms with Crippen LogP contribution in [0.4, 0.5) is 5.69 Å². The molecule has 0 fully saturated rings. The first kappa shape index (κ1) is 19.0. The highest BCUT2D eigenvalue weighted by atomic mass is 35.5. The fraction of sp³-hybridized carbons (Fsp3) is 0.300. The molecule has 1 N–H and O–H groups in total. The zero-order chi connectivity index (χ0) is 18.6. The topological polar surface area (TPSA) is 49.4 Å². The van der Waals surface area contributed by atoms with E-state index in [-0.39, 0.29) is 18.4 Å². The Kier molecular flexibility index (Phi) is 6.21. The molecule has 0 unspecified atom stereocenters. The molecule has 0 aliphatic carbocycles. The maximum absolute atomic E-state index is 12.4. The minimum Gasteiger partial charge on any atom is -0.329 e. The Hall–Kier alpha value is -2.33. The van der Waals surface area contributed by atoms with Crippen LogP contribution in [0.15, 0.2) is 36.4 Å². The summed E-state index contributed by atoms with van der Waals surface area (Å²) in [5.74, 6) is -0.360. The van der Waals surface area contributed by atoms with Crippen molar-refractivity contribution in [2.24, 2.45) is 0 Å². The molecule has 2 amide bonds. The lowest BCUT2D eigenvalue weighted by molar-refractivity contribution is -0.133. The number of rotatable bonds is 5. The minimum absolute atomic E-state index is 0.00468. The zero-order valence-electron chi connectivity index (χ0n) is 15.0. The first-order chi connectivity index (χ1) is 11.8. The average Bonchev–Trinajstić information content (AvgIpc) is 2.52. The van der Waals surface area contributed by atoms with Gasteiger partial charge in [-0.15, -0.1) is 0 Å². The SMILES string of the molecule is CC(=O)N(CC(=O)Nc1c(C)cc(C)cc1C)Cc1ccc(Cl)cc1. The standard InChI is InChI=1S/C20H23ClN2O2/c1-13-9-14(2)20(15(3)10-13)22-19(25)12-23(16(4)24)11-17-5-7-18(21)8-6-17/h5-10H,11-12H2,1-4H3,(H,22,25). The van der Waals surface area contributed by atoms with E-state index in [2.05, 4.69) is 5.32 Å². The van der Waals surface area contributed by atoms with Crippen molar-refractivity contribution in [1.82, 2.24) is 4.90 Å². The fourth-order valence-electron chi connectivity index (χ4n) is 2.82. The molecule has 0 saturated heterocycles. The highest BCUT2D eigenvalue weighted by molar-refractivity contribution is 6.30. The number of carbonyl (C=O) groups excluding carboxylic acids is 2. The molecule has 0 bridgehead atoms. The van der Waals surface area contributed by atoms with E-state index in [9.17, 15) is 9.59 Å². The van der Waals surface area contributed by atoms with Crippen molar-refractivity contribution in [2.75, 3.05) is 11.9 Å². The molecule has 0 heterocycles. The number of benzene rings is 2. The lowest BCUT2D eigenvalue weighted by Crippen LogP contribution is -2.36. The van der Waals surface area contributed by atoms with Crippen LogP contribution in [0.3, 0.4) is 0 Å². The summed E-state index contributed by atoms with van der Waals surface area (Å²) in [6, 6.07) is 11.3. The normalized spacial score (nSPS) is 10.4. The Morgan fingerprint density at radius 1 is 1.04 bits per heavy atom. The van der Waals surface area contributed by atoms with E-state index < -0.39 is 0 Å². The van der Waals surface area contributed by atoms with Crippen molar-refractivity contribution in [1.29, 1.82) is 0 Å². The third kappa shape index (κ3) is 5.33. The Morgan fingerprint density at radius 2 is 1.60 bits per heavy atom. The molecule has 2 rings (SSSR count). The molecule has 0 aromatic heterocycles. The summed E-state index contributed by atoms with van der Waals surface area (Å²) in [5, 5.41) is 3.57. The molecule has 0 aliphatic heterocycles. The summed E-state index contributed by atoms with van der Waals surface area (Å²) in [4.78, 5) is 25.8. The first-order valence-electron chi connectivity index (χ1n) is 8.14. The van der Waals surface area contributed by atoms with Crippen LogP contribution >= 0.6 is 11.6 Å². The van der Waals surface area contributed by atoms with Crippen molar-refractivity contribution in [3.63, 3.8) is 0 Å². The van der Waals surface area contributed by atoms with Crippen molar-refractivity contribution in [3.8, 4) is 0 Å². The predicted octanol–water partition coefficient (Wildman–Crippen LogP) is 4.25. The summed E-state index contributed by atoms with van der Waals surface area (Å²) < 4.78 is 0. The Labute approximate surface area is 153 Å². The molecule has 2 aromatic rings. The molecule has 0 aliphatic rings. The van der Waals surface area contributed by atoms with Crippen molar-refractivity contribution >= 4 is 29.1 Å². The van der Waals surface area contributed by atoms with Crippen LogP contribution in [0.5, 0.6) is 0 Å². The monoisotopic (exact) mass is 358 g/mol. The largest absolute Gasteiger partial charge is 0.329 e. The lowest BCUT2D eigenvalue weighted by atomic mass is 10.1. The van der Waals surface area contributed by atoms with Gasteiger partial charge in [0.05, 0.1) is 0 Å². The number of nitrogens with one attached hydrogen (secondary N) is 1. The van der Waals surface area contributed by atoms with Crippen molar-refractivity contribution in [2.45, 2.75) is 34.2 Å². The number of aryl methyl sites for hydroxylation is 3. The van der Waals surface area contributed by atoms with Crippen LogP contribution < -0.4 is 5.32 Å². The van der Waals surface area contributed by atoms with Gasteiger partial charge in [-0.2, -0.15) is 0 Å². The minimum atomic E-state index is -0.209. The van der Waals surface area contributed by atoms with Gasteiger partial charge in [-0.1, -0.05) is 41.4 Å². The van der Waals surface area contributed by atoms with E-state index >= 15 is 0 Å². The van der Waals surface area contributed by atoms with Crippen LogP contribution in [-0.4, -0.2) is 23.3 Å². The van der Waals surface area contributed by atoms with Crippen molar-refractivity contribution in [3.05, 3.63) is 63.7 Å². The maximum Gasteiger partial charge on any atom is 0.244 e. The molecule has 25 heavy (non-hydrogen) atoms. The van der Waals surface area contributed by atoms with Crippen LogP contribution in [0.25, 0.3) is 0 Å². The molecule has 132 valence electrons. The van der Waals surface area contributed by atoms with Crippen LogP contribution in [0.1, 0.15) is 29.2 Å². The first-order valence-corrected chi connectivity index (χ1v) is 8.51. The summed E-state index contributed by atoms with van der Waals surface area (Å²) in [5.41, 5.74) is 4.91. The molecule has 2 aromatic carbocycles. The van der Waals surface area contributed by atoms with E-state index in [1.165, 1.54) is 11.8 Å². The van der Waals surface area contributed by atoms with Gasteiger partial charge in [-0.25, -0.2) is 0 Å². The Morgan fingerprint density at radius 3 is 2.12 bits per heavy atom. The number of hydrogen-bond acceptors (Lipinski definition) is 2. The number of amides is 2. The maximum atomic E-state index is 12.4. The number of halogens is 1. The molecule has 0 spiro atoms. The predicted molar refractivity (Wildman–Crippen MR) is 102 cm³/mol. The van der Waals surface area contributed by atoms with Crippen LogP contribution in [0.2, 0.25) is 5.02 Å². The third-order valence-corrected chi connectivity index (χ3v) is 4.26. The van der Waals surface area contributed by atoms with Gasteiger partial charge < -0.3 is 10.2 Å². The Bertz CT molecular complexity index is 762. The van der Waals surface area contributed by atoms with Gasteiger partial charge in [0, 0.05) is 24.2 Å². The summed E-state index contributed by atoms with van der Waals surface area (Å²) in [6.07, 6.45) is 0. The summed E-state index contributed by atoms with van der Waals surface area (Å²) in [7, 11) is 0. The molecular formula is C20H23ClN2O2. The average molecular weight is 359 g/mol. The second-order valence-corrected chi connectivity index (χ2v) is 6.76. The number of carbonyl (C=O) groups is 2. The molecule has 4 nitrogen and oxygen atoms in total. The van der Waals surface area contributed by atoms with Gasteiger partial charge in [0.25, 0.3) is 0 Å². The van der Waals surface area contributed by atoms with Gasteiger partial charge in [-0.05, 0) is 49.6 Å². The van der Waals surface area contributed by atoms with Gasteiger partial charge in [-0.3, -0.25) is 9.59 Å². The third-order valence-electron chi connectivity index (χ3n) is 4.01. The molecular weight excluding hydrogens is 336 g/mol. The number of nitrogens with zero attached hydrogens (tertiary/aromatic N) is 1. The van der Waals surface area contributed by atoms with E-state index in [0.717, 1.165) is 27.9 Å². The lowest BCUT2D eigenvalue weighted by Gasteiger charge is -2.21. The fourth-order valence-corrected chi connectivity index (χ4v) is 2.94. The van der Waals surface area contributed by atoms with Crippen LogP contribution in [-0.2, 0) is 16.1 Å². The van der Waals surface area contributed by atoms with Crippen molar-refractivity contribution < 1.29 is 9.59 Å². The number of anilines is 1. The molecule has 0 radical (unpaired) electrons. The molecule has 5 heteroatoms. The Balaban J connectivity index is 2.08. The highest BCUT2D eigenvalue weighted by Gasteiger charge is 2.16. The van der Waals surface area contributed by atoms with Gasteiger partial charge in [0.2, 0.25) is 11.8 Å². The van der Waals surface area contributed by atoms with E-state index in [1.54, 1.807) is 12.1 Å². The summed E-state index contributed by atoms with van der Waals surface area (Å²) >= 11 is 5.88. The van der Waals surface area contributed by atoms with Crippen LogP contribution in [0, 0.1) is 20.8 Å². The van der Waals surface area contributed by atoms with Gasteiger partial charge in [0.15, 0.2) is 0 Å². The zero-order valence-corrected chi connectivity index (χ0v) is 15.8. The summed E-state index contributed by atoms with van der Waals surface area (Å²) in [6.45, 7) is 7.79. The smallest absolute Gasteiger partial charge is 0.244 e. The molecule has 0 atom stereocenters. The van der Waals surface area contributed by atoms with E-state index in [4.69, 9.17) is 11.6 Å². The van der Waals surface area contributed by atoms with E-state index in [1.807, 2.05) is 45.0 Å². The van der Waals surface area contributed by atoms with Gasteiger partial charge in [0.1, 0.15) is 6.54 Å². The second kappa shape index (κ2) is 8.17. The number of hydrogen-bond donors (Lipinski definition) is 1. The van der Waals surface area contributed by atoms with E-state index in [0.29, 0.717) is 11.6 Å². The highest BCUT2D eigenvalue weighted by Crippen LogP contribution is 2.22.